The van der Waals surface area contributed by atoms with E-state index in [9.17, 15) is 13.2 Å². The Morgan fingerprint density at radius 1 is 1.04 bits per heavy atom. The van der Waals surface area contributed by atoms with E-state index in [0.717, 1.165) is 5.75 Å². The van der Waals surface area contributed by atoms with Gasteiger partial charge in [-0.1, -0.05) is 24.3 Å². The van der Waals surface area contributed by atoms with E-state index in [1.807, 2.05) is 11.4 Å². The fraction of sp³-hybridized carbons (Fsp3) is 0.353. The van der Waals surface area contributed by atoms with E-state index in [1.54, 1.807) is 58.3 Å². The lowest BCUT2D eigenvalue weighted by Gasteiger charge is -2.34. The molecule has 0 N–H and O–H groups in total. The van der Waals surface area contributed by atoms with Crippen LogP contribution in [0.2, 0.25) is 0 Å². The first-order valence-corrected chi connectivity index (χ1v) is 11.5. The zero-order valence-electron chi connectivity index (χ0n) is 13.7. The molecular formula is C17H20N2O3S3. The highest BCUT2D eigenvalue weighted by Crippen LogP contribution is 2.19. The van der Waals surface area contributed by atoms with Gasteiger partial charge in [0, 0.05) is 36.8 Å². The van der Waals surface area contributed by atoms with Gasteiger partial charge in [0.25, 0.3) is 0 Å². The molecule has 1 aromatic heterocycles. The molecule has 1 saturated heterocycles. The van der Waals surface area contributed by atoms with Gasteiger partial charge < -0.3 is 4.90 Å². The molecule has 25 heavy (non-hydrogen) atoms. The molecule has 0 bridgehead atoms. The van der Waals surface area contributed by atoms with Gasteiger partial charge in [-0.3, -0.25) is 4.79 Å². The summed E-state index contributed by atoms with van der Waals surface area (Å²) in [5.74, 6) is 1.35. The second-order valence-corrected chi connectivity index (χ2v) is 9.63. The lowest BCUT2D eigenvalue weighted by atomic mass is 10.3. The lowest BCUT2D eigenvalue weighted by molar-refractivity contribution is -0.129. The van der Waals surface area contributed by atoms with Crippen LogP contribution in [-0.4, -0.2) is 55.5 Å². The average molecular weight is 397 g/mol. The Morgan fingerprint density at radius 2 is 1.76 bits per heavy atom. The van der Waals surface area contributed by atoms with Crippen LogP contribution in [0.25, 0.3) is 0 Å². The highest BCUT2D eigenvalue weighted by atomic mass is 32.2. The van der Waals surface area contributed by atoms with Crippen LogP contribution in [0.5, 0.6) is 0 Å². The van der Waals surface area contributed by atoms with Gasteiger partial charge in [0.1, 0.15) is 0 Å². The Balaban J connectivity index is 1.49. The summed E-state index contributed by atoms with van der Waals surface area (Å²) in [6, 6.07) is 12.5. The van der Waals surface area contributed by atoms with Gasteiger partial charge in [-0.2, -0.15) is 4.31 Å². The van der Waals surface area contributed by atoms with Crippen LogP contribution in [-0.2, 0) is 20.6 Å². The molecule has 0 atom stereocenters. The lowest BCUT2D eigenvalue weighted by Crippen LogP contribution is -2.50. The molecule has 3 rings (SSSR count). The number of carbonyl (C=O) groups excluding carboxylic acids is 1. The SMILES string of the molecule is O=C(CSCc1cccs1)N1CCN(S(=O)(=O)c2ccccc2)CC1. The normalized spacial score (nSPS) is 16.1. The average Bonchev–Trinajstić information content (AvgIpc) is 3.16. The Labute approximate surface area is 156 Å². The number of rotatable bonds is 6. The molecule has 0 saturated carbocycles. The van der Waals surface area contributed by atoms with E-state index in [1.165, 1.54) is 9.18 Å². The van der Waals surface area contributed by atoms with Crippen LogP contribution < -0.4 is 0 Å². The summed E-state index contributed by atoms with van der Waals surface area (Å²) in [7, 11) is -3.47. The van der Waals surface area contributed by atoms with E-state index in [4.69, 9.17) is 0 Å². The highest BCUT2D eigenvalue weighted by molar-refractivity contribution is 7.99. The van der Waals surface area contributed by atoms with Crippen LogP contribution in [0.3, 0.4) is 0 Å². The number of sulfonamides is 1. The highest BCUT2D eigenvalue weighted by Gasteiger charge is 2.29. The molecule has 0 aliphatic carbocycles. The third-order valence-corrected chi connectivity index (χ3v) is 7.96. The Bertz CT molecular complexity index is 784. The standard InChI is InChI=1S/C17H20N2O3S3/c20-17(14-23-13-15-5-4-12-24-15)18-8-10-19(11-9-18)25(21,22)16-6-2-1-3-7-16/h1-7,12H,8-11,13-14H2. The van der Waals surface area contributed by atoms with Crippen LogP contribution in [0.15, 0.2) is 52.7 Å². The van der Waals surface area contributed by atoms with Gasteiger partial charge in [0.15, 0.2) is 0 Å². The smallest absolute Gasteiger partial charge is 0.243 e. The molecule has 1 aliphatic heterocycles. The molecule has 0 unspecified atom stereocenters. The van der Waals surface area contributed by atoms with Crippen LogP contribution >= 0.6 is 23.1 Å². The summed E-state index contributed by atoms with van der Waals surface area (Å²) in [5, 5.41) is 2.03. The number of nitrogens with zero attached hydrogens (tertiary/aromatic N) is 2. The maximum absolute atomic E-state index is 12.6. The van der Waals surface area contributed by atoms with E-state index in [-0.39, 0.29) is 5.91 Å². The van der Waals surface area contributed by atoms with Crippen molar-refractivity contribution in [2.75, 3.05) is 31.9 Å². The first-order chi connectivity index (χ1) is 12.1. The van der Waals surface area contributed by atoms with E-state index < -0.39 is 10.0 Å². The molecule has 2 aromatic rings. The molecule has 2 heterocycles. The van der Waals surface area contributed by atoms with Gasteiger partial charge in [-0.25, -0.2) is 8.42 Å². The van der Waals surface area contributed by atoms with Crippen molar-refractivity contribution >= 4 is 39.0 Å². The molecule has 8 heteroatoms. The zero-order chi connectivity index (χ0) is 17.7. The van der Waals surface area contributed by atoms with Crippen LogP contribution in [0.1, 0.15) is 4.88 Å². The Kier molecular flexibility index (Phi) is 6.16. The van der Waals surface area contributed by atoms with Crippen molar-refractivity contribution in [1.82, 2.24) is 9.21 Å². The number of piperazine rings is 1. The predicted octanol–water partition coefficient (Wildman–Crippen LogP) is 2.51. The van der Waals surface area contributed by atoms with Gasteiger partial charge in [-0.15, -0.1) is 23.1 Å². The van der Waals surface area contributed by atoms with Crippen molar-refractivity contribution in [3.8, 4) is 0 Å². The van der Waals surface area contributed by atoms with E-state index >= 15 is 0 Å². The Morgan fingerprint density at radius 3 is 2.40 bits per heavy atom. The number of hydrogen-bond donors (Lipinski definition) is 0. The van der Waals surface area contributed by atoms with Gasteiger partial charge in [0.05, 0.1) is 10.6 Å². The van der Waals surface area contributed by atoms with Crippen LogP contribution in [0, 0.1) is 0 Å². The molecule has 0 radical (unpaired) electrons. The number of thioether (sulfide) groups is 1. The third-order valence-electron chi connectivity index (χ3n) is 4.02. The minimum atomic E-state index is -3.47. The summed E-state index contributed by atoms with van der Waals surface area (Å²) in [6.45, 7) is 1.59. The van der Waals surface area contributed by atoms with Crippen molar-refractivity contribution in [3.63, 3.8) is 0 Å². The van der Waals surface area contributed by atoms with E-state index in [2.05, 4.69) is 6.07 Å². The zero-order valence-corrected chi connectivity index (χ0v) is 16.2. The first kappa shape index (κ1) is 18.4. The Hall–Kier alpha value is -1.35. The molecular weight excluding hydrogens is 376 g/mol. The van der Waals surface area contributed by atoms with Gasteiger partial charge in [0.2, 0.25) is 15.9 Å². The number of hydrogen-bond acceptors (Lipinski definition) is 5. The minimum Gasteiger partial charge on any atom is -0.339 e. The van der Waals surface area contributed by atoms with Crippen molar-refractivity contribution < 1.29 is 13.2 Å². The first-order valence-electron chi connectivity index (χ1n) is 8.00. The number of thiophene rings is 1. The number of amides is 1. The monoisotopic (exact) mass is 396 g/mol. The van der Waals surface area contributed by atoms with Crippen LogP contribution in [0.4, 0.5) is 0 Å². The van der Waals surface area contributed by atoms with Gasteiger partial charge in [-0.05, 0) is 23.6 Å². The second-order valence-electron chi connectivity index (χ2n) is 5.67. The predicted molar refractivity (Wildman–Crippen MR) is 102 cm³/mol. The number of benzene rings is 1. The third kappa shape index (κ3) is 4.63. The number of carbonyl (C=O) groups is 1. The fourth-order valence-electron chi connectivity index (χ4n) is 2.64. The molecule has 1 amide bonds. The molecule has 0 spiro atoms. The van der Waals surface area contributed by atoms with E-state index in [0.29, 0.717) is 36.8 Å². The van der Waals surface area contributed by atoms with Gasteiger partial charge >= 0.3 is 0 Å². The topological polar surface area (TPSA) is 57.7 Å². The maximum Gasteiger partial charge on any atom is 0.243 e. The summed E-state index contributed by atoms with van der Waals surface area (Å²) >= 11 is 3.30. The summed E-state index contributed by atoms with van der Waals surface area (Å²) in [6.07, 6.45) is 0. The molecule has 5 nitrogen and oxygen atoms in total. The maximum atomic E-state index is 12.6. The summed E-state index contributed by atoms with van der Waals surface area (Å²) in [5.41, 5.74) is 0. The molecule has 1 aromatic carbocycles. The van der Waals surface area contributed by atoms with Crippen molar-refractivity contribution in [1.29, 1.82) is 0 Å². The molecule has 134 valence electrons. The largest absolute Gasteiger partial charge is 0.339 e. The van der Waals surface area contributed by atoms with Crippen molar-refractivity contribution in [2.45, 2.75) is 10.6 Å². The molecule has 1 fully saturated rings. The van der Waals surface area contributed by atoms with Crippen molar-refractivity contribution in [3.05, 3.63) is 52.7 Å². The summed E-state index contributed by atoms with van der Waals surface area (Å²) < 4.78 is 26.6. The fourth-order valence-corrected chi connectivity index (χ4v) is 5.86. The second kappa shape index (κ2) is 8.35. The quantitative estimate of drug-likeness (QED) is 0.753. The molecule has 1 aliphatic rings. The minimum absolute atomic E-state index is 0.0818. The van der Waals surface area contributed by atoms with Crippen molar-refractivity contribution in [2.24, 2.45) is 0 Å². The summed E-state index contributed by atoms with van der Waals surface area (Å²) in [4.78, 5) is 15.6.